The van der Waals surface area contributed by atoms with E-state index in [1.54, 1.807) is 12.4 Å². The first-order valence-electron chi connectivity index (χ1n) is 16.9. The van der Waals surface area contributed by atoms with Gasteiger partial charge < -0.3 is 15.3 Å². The highest BCUT2D eigenvalue weighted by Crippen LogP contribution is 2.75. The first-order chi connectivity index (χ1) is 20.9. The molecule has 1 aliphatic heterocycles. The summed E-state index contributed by atoms with van der Waals surface area (Å²) in [6, 6.07) is 2.37. The predicted octanol–water partition coefficient (Wildman–Crippen LogP) is 6.45. The number of carbonyl (C=O) groups excluding carboxylic acids is 1. The molecule has 2 heterocycles. The van der Waals surface area contributed by atoms with Gasteiger partial charge in [0.05, 0.1) is 17.6 Å². The maximum Gasteiger partial charge on any atom is 0.317 e. The van der Waals surface area contributed by atoms with Crippen LogP contribution in [0, 0.1) is 34.5 Å². The number of nitrogens with one attached hydrogen (secondary N) is 1. The minimum atomic E-state index is -0.223. The van der Waals surface area contributed by atoms with Crippen LogP contribution >= 0.6 is 0 Å². The Labute approximate surface area is 263 Å². The number of rotatable bonds is 3. The predicted molar refractivity (Wildman–Crippen MR) is 177 cm³/mol. The van der Waals surface area contributed by atoms with Crippen molar-refractivity contribution in [3.05, 3.63) is 47.3 Å². The fourth-order valence-corrected chi connectivity index (χ4v) is 10.5. The molecule has 6 atom stereocenters. The molecular weight excluding hydrogens is 546 g/mol. The molecule has 7 rings (SSSR count). The van der Waals surface area contributed by atoms with Crippen LogP contribution in [0.4, 0.5) is 4.79 Å². The molecule has 2 aromatic rings. The van der Waals surface area contributed by atoms with Crippen molar-refractivity contribution in [1.82, 2.24) is 25.1 Å². The monoisotopic (exact) mass is 597 g/mol. The highest BCUT2D eigenvalue weighted by Gasteiger charge is 2.67. The van der Waals surface area contributed by atoms with E-state index in [0.717, 1.165) is 62.9 Å². The summed E-state index contributed by atoms with van der Waals surface area (Å²) < 4.78 is 0. The normalized spacial score (nSPS) is 38.3. The number of β-amino-alcohol motifs (C(OH)–C–C–N with tert-alkyl or cyclic N) is 1. The third-order valence-electron chi connectivity index (χ3n) is 13.8. The number of aliphatic hydroxyl groups excluding tert-OH is 1. The van der Waals surface area contributed by atoms with E-state index in [9.17, 15) is 9.90 Å². The van der Waals surface area contributed by atoms with Crippen LogP contribution in [0.5, 0.6) is 0 Å². The Bertz CT molecular complexity index is 1560. The van der Waals surface area contributed by atoms with E-state index in [1.807, 2.05) is 4.90 Å². The van der Waals surface area contributed by atoms with Gasteiger partial charge in [-0.2, -0.15) is 0 Å². The van der Waals surface area contributed by atoms with Crippen molar-refractivity contribution in [3.8, 4) is 0 Å². The summed E-state index contributed by atoms with van der Waals surface area (Å²) in [4.78, 5) is 27.2. The topological polar surface area (TPSA) is 81.6 Å². The van der Waals surface area contributed by atoms with Crippen LogP contribution in [0.25, 0.3) is 22.7 Å². The number of fused-ring (bicyclic) bond motifs is 8. The summed E-state index contributed by atoms with van der Waals surface area (Å²) in [6.07, 6.45) is 17.8. The van der Waals surface area contributed by atoms with Gasteiger partial charge in [0.15, 0.2) is 0 Å². The van der Waals surface area contributed by atoms with Crippen molar-refractivity contribution in [1.29, 1.82) is 0 Å². The van der Waals surface area contributed by atoms with Gasteiger partial charge >= 0.3 is 6.03 Å². The van der Waals surface area contributed by atoms with Crippen molar-refractivity contribution in [3.63, 3.8) is 0 Å². The number of benzene rings is 1. The van der Waals surface area contributed by atoms with E-state index in [0.29, 0.717) is 12.5 Å². The fourth-order valence-electron chi connectivity index (χ4n) is 10.5. The number of hydrogen-bond donors (Lipinski definition) is 2. The maximum absolute atomic E-state index is 13.6. The Hall–Kier alpha value is -2.77. The molecule has 2 amide bonds. The SMILES string of the molecule is Cc1c2c(cc3nccnc13)C1=CC[C@@]3(C)[C@@H]4C[C@](C)(NC(=O)N5CCN(CCO)CC5)CC[C@]4(C)CC[C@]3(C)[C@]1(C)C=C2. The van der Waals surface area contributed by atoms with Crippen molar-refractivity contribution in [2.75, 3.05) is 39.3 Å². The smallest absolute Gasteiger partial charge is 0.317 e. The van der Waals surface area contributed by atoms with Crippen molar-refractivity contribution >= 4 is 28.7 Å². The van der Waals surface area contributed by atoms with Gasteiger partial charge in [-0.1, -0.05) is 45.9 Å². The average molecular weight is 598 g/mol. The third-order valence-corrected chi connectivity index (χ3v) is 13.8. The van der Waals surface area contributed by atoms with Gasteiger partial charge in [-0.3, -0.25) is 14.9 Å². The van der Waals surface area contributed by atoms with E-state index < -0.39 is 0 Å². The summed E-state index contributed by atoms with van der Waals surface area (Å²) in [5, 5.41) is 12.9. The van der Waals surface area contributed by atoms with Crippen LogP contribution in [0.2, 0.25) is 0 Å². The van der Waals surface area contributed by atoms with Crippen molar-refractivity contribution < 1.29 is 9.90 Å². The van der Waals surface area contributed by atoms with Crippen molar-refractivity contribution in [2.24, 2.45) is 27.6 Å². The number of amides is 2. The quantitative estimate of drug-likeness (QED) is 0.425. The molecule has 0 radical (unpaired) electrons. The molecule has 1 aromatic heterocycles. The Morgan fingerprint density at radius 3 is 2.50 bits per heavy atom. The lowest BCUT2D eigenvalue weighted by Gasteiger charge is -2.71. The molecule has 2 saturated carbocycles. The molecule has 1 saturated heterocycles. The summed E-state index contributed by atoms with van der Waals surface area (Å²) in [5.74, 6) is 0.503. The summed E-state index contributed by atoms with van der Waals surface area (Å²) in [6.45, 7) is 18.7. The zero-order valence-corrected chi connectivity index (χ0v) is 27.7. The highest BCUT2D eigenvalue weighted by atomic mass is 16.3. The molecule has 44 heavy (non-hydrogen) atoms. The van der Waals surface area contributed by atoms with Crippen LogP contribution in [0.1, 0.15) is 89.8 Å². The zero-order chi connectivity index (χ0) is 31.1. The van der Waals surface area contributed by atoms with Crippen molar-refractivity contribution in [2.45, 2.75) is 85.6 Å². The van der Waals surface area contributed by atoms with Crippen LogP contribution in [0.15, 0.2) is 30.6 Å². The van der Waals surface area contributed by atoms with Crippen LogP contribution in [-0.2, 0) is 0 Å². The molecule has 0 spiro atoms. The van der Waals surface area contributed by atoms with Gasteiger partial charge in [-0.25, -0.2) is 4.79 Å². The Morgan fingerprint density at radius 2 is 1.75 bits per heavy atom. The largest absolute Gasteiger partial charge is 0.395 e. The number of hydrogen-bond acceptors (Lipinski definition) is 5. The number of aryl methyl sites for hydroxylation is 1. The maximum atomic E-state index is 13.6. The molecule has 236 valence electrons. The van der Waals surface area contributed by atoms with Gasteiger partial charge in [0.2, 0.25) is 0 Å². The number of allylic oxidation sites excluding steroid dienone is 3. The van der Waals surface area contributed by atoms with Gasteiger partial charge in [0.25, 0.3) is 0 Å². The highest BCUT2D eigenvalue weighted by molar-refractivity contribution is 5.93. The second-order valence-corrected chi connectivity index (χ2v) is 15.9. The Kier molecular flexibility index (Phi) is 6.88. The number of urea groups is 1. The lowest BCUT2D eigenvalue weighted by atomic mass is 9.34. The summed E-state index contributed by atoms with van der Waals surface area (Å²) in [7, 11) is 0. The van der Waals surface area contributed by atoms with E-state index in [4.69, 9.17) is 4.98 Å². The van der Waals surface area contributed by atoms with Crippen LogP contribution in [-0.4, -0.2) is 75.8 Å². The molecule has 0 bridgehead atoms. The lowest BCUT2D eigenvalue weighted by Crippen LogP contribution is -2.66. The minimum absolute atomic E-state index is 0.0684. The van der Waals surface area contributed by atoms with Gasteiger partial charge in [-0.15, -0.1) is 0 Å². The summed E-state index contributed by atoms with van der Waals surface area (Å²) in [5.41, 5.74) is 7.39. The molecule has 1 aromatic carbocycles. The lowest BCUT2D eigenvalue weighted by molar-refractivity contribution is -0.171. The Balaban J connectivity index is 1.20. The molecule has 7 nitrogen and oxygen atoms in total. The molecule has 4 aliphatic carbocycles. The standard InChI is InChI=1S/C37H51N5O2/c1-25-26-7-9-35(4)28(27(26)23-29-31(25)39-16-15-38-29)8-10-36(5)30-24-34(3,13-11-33(30,2)12-14-37(35,36)6)40-32(44)42-19-17-41(18-20-42)21-22-43/h7-9,15-16,23,30,43H,10-14,17-22,24H2,1-6H3,(H,40,44)/t30-,33-,34-,35-,36+,37-/m1/s1. The number of carbonyl (C=O) groups is 1. The molecule has 5 aliphatic rings. The van der Waals surface area contributed by atoms with E-state index in [-0.39, 0.29) is 39.8 Å². The zero-order valence-electron chi connectivity index (χ0n) is 27.7. The van der Waals surface area contributed by atoms with E-state index in [2.05, 4.69) is 81.0 Å². The van der Waals surface area contributed by atoms with Crippen LogP contribution in [0.3, 0.4) is 0 Å². The number of piperazine rings is 1. The molecule has 2 N–H and O–H groups in total. The van der Waals surface area contributed by atoms with E-state index in [1.165, 1.54) is 35.1 Å². The van der Waals surface area contributed by atoms with Gasteiger partial charge in [0, 0.05) is 56.1 Å². The molecule has 7 heteroatoms. The molecular formula is C37H51N5O2. The number of aliphatic hydroxyl groups is 1. The molecule has 0 unspecified atom stereocenters. The number of aromatic nitrogens is 2. The number of nitrogens with zero attached hydrogens (tertiary/aromatic N) is 4. The first-order valence-corrected chi connectivity index (χ1v) is 16.9. The third kappa shape index (κ3) is 4.17. The second kappa shape index (κ2) is 10.1. The Morgan fingerprint density at radius 1 is 1.02 bits per heavy atom. The molecule has 3 fully saturated rings. The first kappa shape index (κ1) is 29.9. The second-order valence-electron chi connectivity index (χ2n) is 15.9. The summed E-state index contributed by atoms with van der Waals surface area (Å²) >= 11 is 0. The van der Waals surface area contributed by atoms with Crippen LogP contribution < -0.4 is 5.32 Å². The van der Waals surface area contributed by atoms with E-state index >= 15 is 0 Å². The van der Waals surface area contributed by atoms with Gasteiger partial charge in [0.1, 0.15) is 0 Å². The fraction of sp³-hybridized carbons (Fsp3) is 0.649. The minimum Gasteiger partial charge on any atom is -0.395 e. The van der Waals surface area contributed by atoms with Gasteiger partial charge in [-0.05, 0) is 103 Å². The average Bonchev–Trinajstić information content (AvgIpc) is 3.00.